The maximum Gasteiger partial charge on any atom is 0.407 e. The summed E-state index contributed by atoms with van der Waals surface area (Å²) in [6, 6.07) is 11.3. The van der Waals surface area contributed by atoms with Gasteiger partial charge >= 0.3 is 6.09 Å². The van der Waals surface area contributed by atoms with Crippen molar-refractivity contribution in [1.29, 1.82) is 0 Å². The largest absolute Gasteiger partial charge is 0.465 e. The third-order valence-corrected chi connectivity index (χ3v) is 5.89. The van der Waals surface area contributed by atoms with Gasteiger partial charge in [0, 0.05) is 24.7 Å². The Morgan fingerprint density at radius 2 is 1.74 bits per heavy atom. The highest BCUT2D eigenvalue weighted by molar-refractivity contribution is 5.67. The number of carboxylic acid groups (broad SMARTS) is 1. The maximum absolute atomic E-state index is 12.2. The number of pyridine rings is 1. The maximum atomic E-state index is 12.2. The highest BCUT2D eigenvalue weighted by Gasteiger charge is 2.57. The van der Waals surface area contributed by atoms with Crippen LogP contribution in [0.2, 0.25) is 0 Å². The monoisotopic (exact) mass is 422 g/mol. The van der Waals surface area contributed by atoms with Crippen LogP contribution in [0, 0.1) is 17.3 Å². The zero-order chi connectivity index (χ0) is 23.0. The Hall–Kier alpha value is -2.88. The van der Waals surface area contributed by atoms with Crippen LogP contribution < -0.4 is 0 Å². The summed E-state index contributed by atoms with van der Waals surface area (Å²) >= 11 is 0. The number of hydrogen-bond donors (Lipinski definition) is 3. The van der Waals surface area contributed by atoms with E-state index in [4.69, 9.17) is 0 Å². The molecule has 6 heteroatoms. The standard InChI is InChI=1S/C25H30N2O4/c1-17(2)18-6-8-19(9-7-18)25(31,24(5)15-27(16-24)22(28)29)20-11-13-26-21(14-20)10-12-23(3,4)30/h6-9,11,13-14,17,30-31H,15-16H2,1-5H3,(H,28,29)/t25-/m0/s1. The first-order valence-electron chi connectivity index (χ1n) is 10.4. The fourth-order valence-corrected chi connectivity index (χ4v) is 4.07. The summed E-state index contributed by atoms with van der Waals surface area (Å²) in [7, 11) is 0. The Labute approximate surface area is 183 Å². The minimum Gasteiger partial charge on any atom is -0.465 e. The van der Waals surface area contributed by atoms with E-state index in [1.807, 2.05) is 31.2 Å². The summed E-state index contributed by atoms with van der Waals surface area (Å²) in [6.07, 6.45) is 0.579. The minimum absolute atomic E-state index is 0.206. The van der Waals surface area contributed by atoms with Crippen LogP contribution in [0.1, 0.15) is 62.9 Å². The highest BCUT2D eigenvalue weighted by Crippen LogP contribution is 2.50. The number of rotatable bonds is 4. The van der Waals surface area contributed by atoms with E-state index in [2.05, 4.69) is 30.7 Å². The fourth-order valence-electron chi connectivity index (χ4n) is 4.07. The number of hydrogen-bond acceptors (Lipinski definition) is 4. The summed E-state index contributed by atoms with van der Waals surface area (Å²) in [5.41, 5.74) is -0.471. The van der Waals surface area contributed by atoms with E-state index in [-0.39, 0.29) is 13.1 Å². The number of benzene rings is 1. The lowest BCUT2D eigenvalue weighted by Gasteiger charge is -2.55. The number of aliphatic hydroxyl groups is 2. The molecule has 1 atom stereocenters. The molecule has 0 saturated carbocycles. The van der Waals surface area contributed by atoms with Crippen molar-refractivity contribution in [3.8, 4) is 11.8 Å². The second-order valence-electron chi connectivity index (χ2n) is 9.43. The van der Waals surface area contributed by atoms with Crippen LogP contribution in [-0.2, 0) is 5.60 Å². The molecule has 2 heterocycles. The molecule has 2 aromatic rings. The second kappa shape index (κ2) is 7.99. The topological polar surface area (TPSA) is 93.9 Å². The second-order valence-corrected chi connectivity index (χ2v) is 9.43. The third kappa shape index (κ3) is 4.43. The molecule has 3 rings (SSSR count). The molecular weight excluding hydrogens is 392 g/mol. The molecule has 31 heavy (non-hydrogen) atoms. The average Bonchev–Trinajstić information content (AvgIpc) is 2.68. The Morgan fingerprint density at radius 3 is 2.26 bits per heavy atom. The molecule has 3 N–H and O–H groups in total. The van der Waals surface area contributed by atoms with E-state index >= 15 is 0 Å². The van der Waals surface area contributed by atoms with Gasteiger partial charge in [-0.15, -0.1) is 0 Å². The Bertz CT molecular complexity index is 1020. The summed E-state index contributed by atoms with van der Waals surface area (Å²) in [5.74, 6) is 5.96. The Kier molecular flexibility index (Phi) is 5.88. The average molecular weight is 423 g/mol. The van der Waals surface area contributed by atoms with Crippen molar-refractivity contribution in [2.75, 3.05) is 13.1 Å². The zero-order valence-electron chi connectivity index (χ0n) is 18.7. The van der Waals surface area contributed by atoms with Gasteiger partial charge < -0.3 is 20.2 Å². The van der Waals surface area contributed by atoms with Gasteiger partial charge in [0.15, 0.2) is 0 Å². The van der Waals surface area contributed by atoms with Gasteiger partial charge in [-0.25, -0.2) is 9.78 Å². The van der Waals surface area contributed by atoms with E-state index in [1.165, 1.54) is 4.90 Å². The van der Waals surface area contributed by atoms with Gasteiger partial charge in [0.2, 0.25) is 0 Å². The lowest BCUT2D eigenvalue weighted by molar-refractivity contribution is -0.124. The van der Waals surface area contributed by atoms with Gasteiger partial charge in [0.05, 0.1) is 0 Å². The molecule has 1 aliphatic rings. The lowest BCUT2D eigenvalue weighted by atomic mass is 9.62. The highest BCUT2D eigenvalue weighted by atomic mass is 16.4. The van der Waals surface area contributed by atoms with E-state index in [0.717, 1.165) is 5.56 Å². The van der Waals surface area contributed by atoms with Gasteiger partial charge in [-0.1, -0.05) is 51.0 Å². The van der Waals surface area contributed by atoms with E-state index in [9.17, 15) is 20.1 Å². The van der Waals surface area contributed by atoms with Crippen molar-refractivity contribution < 1.29 is 20.1 Å². The molecule has 1 aliphatic heterocycles. The zero-order valence-corrected chi connectivity index (χ0v) is 18.7. The molecule has 0 spiro atoms. The van der Waals surface area contributed by atoms with E-state index in [1.54, 1.807) is 32.2 Å². The molecule has 6 nitrogen and oxygen atoms in total. The predicted molar refractivity (Wildman–Crippen MR) is 119 cm³/mol. The smallest absolute Gasteiger partial charge is 0.407 e. The number of carbonyl (C=O) groups is 1. The number of likely N-dealkylation sites (tertiary alicyclic amines) is 1. The third-order valence-electron chi connectivity index (χ3n) is 5.89. The lowest BCUT2D eigenvalue weighted by Crippen LogP contribution is -2.66. The molecule has 1 aromatic heterocycles. The van der Waals surface area contributed by atoms with Crippen LogP contribution in [0.15, 0.2) is 42.6 Å². The van der Waals surface area contributed by atoms with Crippen LogP contribution in [0.3, 0.4) is 0 Å². The van der Waals surface area contributed by atoms with Gasteiger partial charge in [0.1, 0.15) is 16.9 Å². The van der Waals surface area contributed by atoms with Gasteiger partial charge in [-0.05, 0) is 54.5 Å². The van der Waals surface area contributed by atoms with Crippen molar-refractivity contribution in [2.45, 2.75) is 51.7 Å². The molecule has 1 amide bonds. The van der Waals surface area contributed by atoms with Crippen LogP contribution in [-0.4, -0.2) is 50.0 Å². The minimum atomic E-state index is -1.44. The summed E-state index contributed by atoms with van der Waals surface area (Å²) in [5, 5.41) is 31.4. The first-order valence-corrected chi connectivity index (χ1v) is 10.4. The van der Waals surface area contributed by atoms with Crippen molar-refractivity contribution in [1.82, 2.24) is 9.88 Å². The number of nitrogens with zero attached hydrogens (tertiary/aromatic N) is 2. The Balaban J connectivity index is 2.11. The molecule has 1 fully saturated rings. The fraction of sp³-hybridized carbons (Fsp3) is 0.440. The van der Waals surface area contributed by atoms with Gasteiger partial charge in [-0.3, -0.25) is 0 Å². The number of amides is 1. The molecule has 0 unspecified atom stereocenters. The predicted octanol–water partition coefficient (Wildman–Crippen LogP) is 3.56. The molecule has 0 bridgehead atoms. The molecule has 0 radical (unpaired) electrons. The van der Waals surface area contributed by atoms with Crippen LogP contribution >= 0.6 is 0 Å². The molecule has 164 valence electrons. The first-order chi connectivity index (χ1) is 14.4. The summed E-state index contributed by atoms with van der Waals surface area (Å²) < 4.78 is 0. The molecule has 1 saturated heterocycles. The first kappa shape index (κ1) is 22.8. The van der Waals surface area contributed by atoms with Crippen molar-refractivity contribution in [3.05, 3.63) is 65.0 Å². The van der Waals surface area contributed by atoms with Crippen molar-refractivity contribution in [2.24, 2.45) is 5.41 Å². The molecule has 1 aromatic carbocycles. The van der Waals surface area contributed by atoms with Crippen LogP contribution in [0.25, 0.3) is 0 Å². The van der Waals surface area contributed by atoms with E-state index in [0.29, 0.717) is 22.7 Å². The summed E-state index contributed by atoms with van der Waals surface area (Å²) in [4.78, 5) is 17.0. The van der Waals surface area contributed by atoms with Gasteiger partial charge in [-0.2, -0.15) is 0 Å². The SMILES string of the molecule is CC(C)c1ccc([C@](O)(c2ccnc(C#CC(C)(C)O)c2)C2(C)CN(C(=O)O)C2)cc1. The molecule has 0 aliphatic carbocycles. The summed E-state index contributed by atoms with van der Waals surface area (Å²) in [6.45, 7) is 9.70. The van der Waals surface area contributed by atoms with Crippen molar-refractivity contribution in [3.63, 3.8) is 0 Å². The Morgan fingerprint density at radius 1 is 1.13 bits per heavy atom. The van der Waals surface area contributed by atoms with Crippen LogP contribution in [0.5, 0.6) is 0 Å². The van der Waals surface area contributed by atoms with Crippen molar-refractivity contribution >= 4 is 6.09 Å². The number of aromatic nitrogens is 1. The normalized spacial score (nSPS) is 17.4. The quantitative estimate of drug-likeness (QED) is 0.655. The van der Waals surface area contributed by atoms with E-state index < -0.39 is 22.7 Å². The van der Waals surface area contributed by atoms with Gasteiger partial charge in [0.25, 0.3) is 0 Å². The molecular formula is C25H30N2O4. The van der Waals surface area contributed by atoms with Crippen LogP contribution in [0.4, 0.5) is 4.79 Å².